The second-order valence-electron chi connectivity index (χ2n) is 37.1. The zero-order chi connectivity index (χ0) is 97.7. The van der Waals surface area contributed by atoms with E-state index in [4.69, 9.17) is 23.7 Å². The number of carbonyl (C=O) groups excluding carboxylic acids is 5. The highest BCUT2D eigenvalue weighted by atomic mass is 16.5. The number of carbonyl (C=O) groups is 5. The molecule has 22 rings (SSSR count). The van der Waals surface area contributed by atoms with Gasteiger partial charge in [-0.15, -0.1) is 0 Å². The van der Waals surface area contributed by atoms with Crippen LogP contribution < -0.4 is 23.7 Å². The van der Waals surface area contributed by atoms with Crippen molar-refractivity contribution < 1.29 is 47.7 Å². The number of pyridine rings is 5. The summed E-state index contributed by atoms with van der Waals surface area (Å²) in [5.41, 5.74) is 15.2. The number of rotatable bonds is 18. The molecular weight excluding hydrogens is 1770 g/mol. The van der Waals surface area contributed by atoms with E-state index in [0.717, 1.165) is 210 Å². The molecule has 4 atom stereocenters. The summed E-state index contributed by atoms with van der Waals surface area (Å²) in [6, 6.07) is 80.5. The average molecular weight is 1890 g/mol. The molecule has 17 aromatic rings. The summed E-state index contributed by atoms with van der Waals surface area (Å²) in [5.74, 6) is 6.49. The molecule has 7 aromatic carbocycles. The van der Waals surface area contributed by atoms with Crippen LogP contribution in [0.1, 0.15) is 148 Å². The number of likely N-dealkylation sites (tertiary alicyclic amines) is 4. The molecule has 0 aliphatic carbocycles. The summed E-state index contributed by atoms with van der Waals surface area (Å²) < 4.78 is 36.2. The summed E-state index contributed by atoms with van der Waals surface area (Å²) in [7, 11) is 8.28. The maximum Gasteiger partial charge on any atom is 0.255 e. The Kier molecular flexibility index (Phi) is 29.5. The van der Waals surface area contributed by atoms with Gasteiger partial charge in [-0.25, -0.2) is 24.9 Å². The van der Waals surface area contributed by atoms with E-state index < -0.39 is 0 Å². The monoisotopic (exact) mass is 1880 g/mol. The number of piperazine rings is 1. The van der Waals surface area contributed by atoms with Crippen molar-refractivity contribution in [2.45, 2.75) is 97.1 Å². The molecular formula is C115H120N16O10. The van der Waals surface area contributed by atoms with Crippen LogP contribution in [0.2, 0.25) is 0 Å². The number of aromatic nitrogens is 10. The summed E-state index contributed by atoms with van der Waals surface area (Å²) in [5, 5.41) is 4.81. The molecule has 141 heavy (non-hydrogen) atoms. The quantitative estimate of drug-likeness (QED) is 0.0775. The number of hydrogen-bond acceptors (Lipinski definition) is 16. The largest absolute Gasteiger partial charge is 0.497 e. The van der Waals surface area contributed by atoms with Gasteiger partial charge >= 0.3 is 0 Å². The number of fused-ring (bicyclic) bond motifs is 5. The molecule has 0 saturated carbocycles. The van der Waals surface area contributed by atoms with Gasteiger partial charge < -0.3 is 75.9 Å². The van der Waals surface area contributed by atoms with Gasteiger partial charge in [-0.2, -0.15) is 0 Å². The van der Waals surface area contributed by atoms with E-state index in [1.54, 1.807) is 66.5 Å². The smallest absolute Gasteiger partial charge is 0.255 e. The number of ether oxygens (including phenoxy) is 5. The number of likely N-dealkylation sites (N-methyl/N-ethyl adjacent to an activating group) is 1. The van der Waals surface area contributed by atoms with Gasteiger partial charge in [0, 0.05) is 201 Å². The molecule has 5 fully saturated rings. The maximum absolute atomic E-state index is 13.1. The number of amides is 5. The van der Waals surface area contributed by atoms with E-state index in [2.05, 4.69) is 101 Å². The van der Waals surface area contributed by atoms with Crippen LogP contribution in [0, 0.1) is 11.8 Å². The minimum absolute atomic E-state index is 0.0452. The summed E-state index contributed by atoms with van der Waals surface area (Å²) >= 11 is 0. The van der Waals surface area contributed by atoms with Crippen molar-refractivity contribution in [1.82, 2.24) is 77.2 Å². The molecule has 26 nitrogen and oxygen atoms in total. The van der Waals surface area contributed by atoms with Crippen molar-refractivity contribution in [3.05, 3.63) is 344 Å². The van der Waals surface area contributed by atoms with Gasteiger partial charge in [0.15, 0.2) is 0 Å². The zero-order valence-corrected chi connectivity index (χ0v) is 81.6. The van der Waals surface area contributed by atoms with Crippen LogP contribution in [0.5, 0.6) is 28.7 Å². The third kappa shape index (κ3) is 21.5. The van der Waals surface area contributed by atoms with Crippen molar-refractivity contribution in [3.63, 3.8) is 0 Å². The molecule has 26 heteroatoms. The lowest BCUT2D eigenvalue weighted by molar-refractivity contribution is 0.0509. The first-order valence-corrected chi connectivity index (χ1v) is 48.7. The first kappa shape index (κ1) is 95.6. The molecule has 5 aliphatic heterocycles. The van der Waals surface area contributed by atoms with Crippen LogP contribution in [0.3, 0.4) is 0 Å². The first-order chi connectivity index (χ1) is 68.8. The Morgan fingerprint density at radius 2 is 0.567 bits per heavy atom. The number of methoxy groups -OCH3 is 5. The molecule has 0 unspecified atom stereocenters. The standard InChI is InChI=1S/C26H25N3O2.C24H21N3O2.2C22H25N3O2.C21H24N4O2/c1-31-24-9-7-23(8-10-24)29-16-13-21-17-22(18-27-25(21)29)26(30)28-14-11-20(12-15-28)19-5-3-2-4-6-19;1-29-22-9-7-21(8-10-22)27-12-11-18-13-19(14-25-23(18)27)24(28)26-15-20(16-26)17-5-3-2-4-6-17;1-15-10-16(2)14-24(13-15)22(26)18-11-17-8-9-25(21(17)23-12-18)19-4-6-20(27-3)7-5-19;1-15-5-4-6-16(2)25(15)22(26)18-13-17-11-12-24(21(17)23-14-18)19-7-9-20(27-3)10-8-19;1-3-23-10-12-24(13-11-23)21(26)17-14-16-8-9-25(20(16)22-15-17)18-4-6-19(27-2)7-5-18/h2-10,13,16-18,20H,11-12,14-15H2,1H3;2-14,20H,15-16H2,1H3;4-9,11-12,15-16H,10,13-14H2,1-3H3;7-16H,4-6H2,1-3H3;4-9,14-15H,3,10-13H2,1-2H3/t;;2*15-,16+;. The predicted molar refractivity (Wildman–Crippen MR) is 553 cm³/mol. The Morgan fingerprint density at radius 1 is 0.298 bits per heavy atom. The number of hydrogen-bond donors (Lipinski definition) is 0. The van der Waals surface area contributed by atoms with Gasteiger partial charge in [0.1, 0.15) is 57.0 Å². The third-order valence-corrected chi connectivity index (χ3v) is 27.8. The topological polar surface area (TPSA) is 240 Å². The van der Waals surface area contributed by atoms with Crippen molar-refractivity contribution in [1.29, 1.82) is 0 Å². The molecule has 5 aliphatic rings. The normalized spacial score (nSPS) is 16.7. The van der Waals surface area contributed by atoms with E-state index in [0.29, 0.717) is 51.5 Å². The SMILES string of the molecule is CCN1CCN(C(=O)c2cnc3c(ccn3-c3ccc(OC)cc3)c2)CC1.COc1ccc(-n2ccc3cc(C(=O)N4CC(c5ccccc5)C4)cnc32)cc1.COc1ccc(-n2ccc3cc(C(=O)N4CCC(c5ccccc5)CC4)cnc32)cc1.COc1ccc(-n2ccc3cc(C(=O)N4C[C@H](C)C[C@H](C)C4)cnc32)cc1.COc1ccc(-n2ccc3cc(C(=O)N4[C@H](C)CCC[C@@H]4C)cnc32)cc1. The van der Waals surface area contributed by atoms with E-state index >= 15 is 0 Å². The summed E-state index contributed by atoms with van der Waals surface area (Å²) in [6.07, 6.45) is 24.9. The Bertz CT molecular complexity index is 7180. The van der Waals surface area contributed by atoms with E-state index in [9.17, 15) is 24.0 Å². The van der Waals surface area contributed by atoms with Gasteiger partial charge in [0.25, 0.3) is 29.5 Å². The minimum Gasteiger partial charge on any atom is -0.497 e. The Hall–Kier alpha value is -15.7. The lowest BCUT2D eigenvalue weighted by Gasteiger charge is -2.39. The predicted octanol–water partition coefficient (Wildman–Crippen LogP) is 20.7. The van der Waals surface area contributed by atoms with Crippen LogP contribution in [0.25, 0.3) is 83.6 Å². The van der Waals surface area contributed by atoms with Gasteiger partial charge in [-0.3, -0.25) is 24.0 Å². The molecule has 0 N–H and O–H groups in total. The maximum atomic E-state index is 13.1. The zero-order valence-electron chi connectivity index (χ0n) is 81.6. The number of nitrogens with zero attached hydrogens (tertiary/aromatic N) is 16. The highest BCUT2D eigenvalue weighted by Crippen LogP contribution is 2.36. The van der Waals surface area contributed by atoms with Gasteiger partial charge in [-0.1, -0.05) is 81.4 Å². The third-order valence-electron chi connectivity index (χ3n) is 27.8. The lowest BCUT2D eigenvalue weighted by Crippen LogP contribution is -2.48. The number of piperidine rings is 3. The lowest BCUT2D eigenvalue weighted by atomic mass is 9.89. The van der Waals surface area contributed by atoms with Gasteiger partial charge in [-0.05, 0) is 270 Å². The first-order valence-electron chi connectivity index (χ1n) is 48.7. The van der Waals surface area contributed by atoms with Crippen molar-refractivity contribution in [3.8, 4) is 57.2 Å². The van der Waals surface area contributed by atoms with Gasteiger partial charge in [0.05, 0.1) is 63.4 Å². The Balaban J connectivity index is 0.000000117. The van der Waals surface area contributed by atoms with Crippen LogP contribution in [0.15, 0.2) is 305 Å². The molecule has 5 saturated heterocycles. The fraction of sp³-hybridized carbons (Fsp3) is 0.287. The Morgan fingerprint density at radius 3 is 0.858 bits per heavy atom. The fourth-order valence-electron chi connectivity index (χ4n) is 20.0. The van der Waals surface area contributed by atoms with E-state index in [1.807, 2.05) is 285 Å². The fourth-order valence-corrected chi connectivity index (χ4v) is 20.0. The van der Waals surface area contributed by atoms with Crippen molar-refractivity contribution in [2.24, 2.45) is 11.8 Å². The second-order valence-corrected chi connectivity index (χ2v) is 37.1. The average Bonchev–Trinajstić information content (AvgIpc) is 1.74. The highest BCUT2D eigenvalue weighted by molar-refractivity contribution is 6.01. The minimum atomic E-state index is 0.0452. The molecule has 0 radical (unpaired) electrons. The number of benzene rings is 7. The molecule has 15 heterocycles. The van der Waals surface area contributed by atoms with Crippen LogP contribution in [-0.2, 0) is 0 Å². The second kappa shape index (κ2) is 43.6. The van der Waals surface area contributed by atoms with E-state index in [1.165, 1.54) is 24.0 Å². The molecule has 720 valence electrons. The van der Waals surface area contributed by atoms with Crippen LogP contribution >= 0.6 is 0 Å². The molecule has 10 aromatic heterocycles. The van der Waals surface area contributed by atoms with Crippen LogP contribution in [0.4, 0.5) is 0 Å². The molecule has 5 amide bonds. The van der Waals surface area contributed by atoms with E-state index in [-0.39, 0.29) is 41.6 Å². The summed E-state index contributed by atoms with van der Waals surface area (Å²) in [4.78, 5) is 99.9. The van der Waals surface area contributed by atoms with Crippen LogP contribution in [-0.4, -0.2) is 226 Å². The summed E-state index contributed by atoms with van der Waals surface area (Å²) in [6.45, 7) is 20.1. The van der Waals surface area contributed by atoms with Gasteiger partial charge in [0.2, 0.25) is 0 Å². The van der Waals surface area contributed by atoms with Crippen molar-refractivity contribution in [2.75, 3.05) is 108 Å². The molecule has 0 bridgehead atoms. The Labute approximate surface area is 821 Å². The molecule has 0 spiro atoms. The van der Waals surface area contributed by atoms with Crippen molar-refractivity contribution >= 4 is 84.7 Å². The highest BCUT2D eigenvalue weighted by Gasteiger charge is 2.35.